The van der Waals surface area contributed by atoms with Crippen LogP contribution in [-0.2, 0) is 10.3 Å². The molecule has 1 aromatic carbocycles. The Balaban J connectivity index is 2.27. The number of carbonyl (C=O) groups is 1. The van der Waals surface area contributed by atoms with Gasteiger partial charge in [0.25, 0.3) is 0 Å². The molecule has 1 fully saturated rings. The Morgan fingerprint density at radius 2 is 1.92 bits per heavy atom. The first-order valence-corrected chi connectivity index (χ1v) is 4.07. The minimum Gasteiger partial charge on any atom is -0.346 e. The number of benzene rings is 1. The quantitative estimate of drug-likeness (QED) is 0.620. The zero-order valence-corrected chi connectivity index (χ0v) is 7.00. The minimum absolute atomic E-state index is 0.113. The van der Waals surface area contributed by atoms with Crippen LogP contribution >= 0.6 is 0 Å². The van der Waals surface area contributed by atoms with Gasteiger partial charge in [0.15, 0.2) is 0 Å². The molecule has 1 aromatic rings. The van der Waals surface area contributed by atoms with Crippen molar-refractivity contribution >= 4 is 5.91 Å². The van der Waals surface area contributed by atoms with Gasteiger partial charge in [-0.2, -0.15) is 0 Å². The third-order valence-electron chi connectivity index (χ3n) is 2.34. The molecule has 0 saturated carbocycles. The highest BCUT2D eigenvalue weighted by atomic mass is 16.2. The van der Waals surface area contributed by atoms with Crippen LogP contribution in [0, 0.1) is 0 Å². The fourth-order valence-corrected chi connectivity index (χ4v) is 1.59. The van der Waals surface area contributed by atoms with Crippen molar-refractivity contribution in [2.24, 2.45) is 0 Å². The summed E-state index contributed by atoms with van der Waals surface area (Å²) in [4.78, 5) is 10.8. The first-order chi connectivity index (χ1) is 5.71. The van der Waals surface area contributed by atoms with Gasteiger partial charge in [0.05, 0.1) is 12.0 Å². The van der Waals surface area contributed by atoms with Crippen molar-refractivity contribution in [1.82, 2.24) is 5.32 Å². The second-order valence-electron chi connectivity index (χ2n) is 3.42. The number of hydrogen-bond acceptors (Lipinski definition) is 1. The van der Waals surface area contributed by atoms with Gasteiger partial charge in [0.1, 0.15) is 0 Å². The SMILES string of the molecule is C[C@@]1(c2ccccc2)CC(=O)N1. The van der Waals surface area contributed by atoms with Crippen LogP contribution in [0.2, 0.25) is 0 Å². The minimum atomic E-state index is -0.113. The highest BCUT2D eigenvalue weighted by molar-refractivity contribution is 5.85. The Kier molecular flexibility index (Phi) is 1.43. The average molecular weight is 161 g/mol. The van der Waals surface area contributed by atoms with E-state index in [-0.39, 0.29) is 11.4 Å². The molecule has 1 atom stereocenters. The summed E-state index contributed by atoms with van der Waals surface area (Å²) in [7, 11) is 0. The average Bonchev–Trinajstić information content (AvgIpc) is 2.04. The summed E-state index contributed by atoms with van der Waals surface area (Å²) in [6, 6.07) is 10.0. The van der Waals surface area contributed by atoms with Crippen LogP contribution in [0.25, 0.3) is 0 Å². The lowest BCUT2D eigenvalue weighted by atomic mass is 9.82. The normalized spacial score (nSPS) is 27.6. The molecular weight excluding hydrogens is 150 g/mol. The molecule has 0 bridgehead atoms. The molecule has 1 saturated heterocycles. The maximum atomic E-state index is 10.8. The van der Waals surface area contributed by atoms with E-state index in [0.29, 0.717) is 6.42 Å². The predicted octanol–water partition coefficient (Wildman–Crippen LogP) is 1.42. The van der Waals surface area contributed by atoms with Crippen molar-refractivity contribution in [3.05, 3.63) is 35.9 Å². The molecule has 0 radical (unpaired) electrons. The molecule has 1 aliphatic rings. The number of amides is 1. The Morgan fingerprint density at radius 1 is 1.33 bits per heavy atom. The smallest absolute Gasteiger partial charge is 0.223 e. The van der Waals surface area contributed by atoms with Crippen LogP contribution in [0.3, 0.4) is 0 Å². The van der Waals surface area contributed by atoms with Crippen LogP contribution in [0.5, 0.6) is 0 Å². The summed E-state index contributed by atoms with van der Waals surface area (Å²) >= 11 is 0. The van der Waals surface area contributed by atoms with Crippen LogP contribution < -0.4 is 5.32 Å². The molecule has 62 valence electrons. The van der Waals surface area contributed by atoms with Gasteiger partial charge in [-0.05, 0) is 12.5 Å². The van der Waals surface area contributed by atoms with Crippen LogP contribution in [0.15, 0.2) is 30.3 Å². The maximum absolute atomic E-state index is 10.8. The molecule has 12 heavy (non-hydrogen) atoms. The number of β-lactam (4-membered cyclic amide) rings is 1. The highest BCUT2D eigenvalue weighted by Crippen LogP contribution is 2.30. The van der Waals surface area contributed by atoms with E-state index in [1.165, 1.54) is 5.56 Å². The van der Waals surface area contributed by atoms with Gasteiger partial charge in [-0.3, -0.25) is 4.79 Å². The number of nitrogens with one attached hydrogen (secondary N) is 1. The fraction of sp³-hybridized carbons (Fsp3) is 0.300. The van der Waals surface area contributed by atoms with E-state index in [1.54, 1.807) is 0 Å². The van der Waals surface area contributed by atoms with Gasteiger partial charge in [0, 0.05) is 0 Å². The van der Waals surface area contributed by atoms with Crippen molar-refractivity contribution in [2.45, 2.75) is 18.9 Å². The topological polar surface area (TPSA) is 29.1 Å². The van der Waals surface area contributed by atoms with Crippen molar-refractivity contribution in [1.29, 1.82) is 0 Å². The Labute approximate surface area is 71.6 Å². The van der Waals surface area contributed by atoms with Crippen molar-refractivity contribution in [3.63, 3.8) is 0 Å². The lowest BCUT2D eigenvalue weighted by molar-refractivity contribution is -0.132. The molecule has 0 unspecified atom stereocenters. The third-order valence-corrected chi connectivity index (χ3v) is 2.34. The maximum Gasteiger partial charge on any atom is 0.223 e. The molecular formula is C10H11NO. The molecule has 1 N–H and O–H groups in total. The van der Waals surface area contributed by atoms with E-state index in [9.17, 15) is 4.79 Å². The molecule has 2 nitrogen and oxygen atoms in total. The summed E-state index contributed by atoms with van der Waals surface area (Å²) in [5.74, 6) is 0.140. The summed E-state index contributed by atoms with van der Waals surface area (Å²) in [5, 5.41) is 2.90. The fourth-order valence-electron chi connectivity index (χ4n) is 1.59. The van der Waals surface area contributed by atoms with Crippen molar-refractivity contribution < 1.29 is 4.79 Å². The second-order valence-corrected chi connectivity index (χ2v) is 3.42. The van der Waals surface area contributed by atoms with Gasteiger partial charge in [-0.1, -0.05) is 30.3 Å². The lowest BCUT2D eigenvalue weighted by Gasteiger charge is -2.39. The zero-order chi connectivity index (χ0) is 8.60. The standard InChI is InChI=1S/C10H11NO/c1-10(7-9(12)11-10)8-5-3-2-4-6-8/h2-6H,7H2,1H3,(H,11,12)/t10-/m0/s1. The van der Waals surface area contributed by atoms with E-state index in [4.69, 9.17) is 0 Å². The van der Waals surface area contributed by atoms with Crippen LogP contribution in [-0.4, -0.2) is 5.91 Å². The number of carbonyl (C=O) groups excluding carboxylic acids is 1. The van der Waals surface area contributed by atoms with Gasteiger partial charge in [-0.15, -0.1) is 0 Å². The molecule has 0 spiro atoms. The van der Waals surface area contributed by atoms with Crippen LogP contribution in [0.1, 0.15) is 18.9 Å². The number of rotatable bonds is 1. The van der Waals surface area contributed by atoms with Gasteiger partial charge in [-0.25, -0.2) is 0 Å². The summed E-state index contributed by atoms with van der Waals surface area (Å²) in [5.41, 5.74) is 1.07. The summed E-state index contributed by atoms with van der Waals surface area (Å²) in [6.07, 6.45) is 0.608. The Hall–Kier alpha value is -1.31. The monoisotopic (exact) mass is 161 g/mol. The van der Waals surface area contributed by atoms with E-state index in [2.05, 4.69) is 5.32 Å². The molecule has 2 rings (SSSR count). The summed E-state index contributed by atoms with van der Waals surface area (Å²) in [6.45, 7) is 2.05. The first kappa shape index (κ1) is 7.35. The molecule has 1 aliphatic heterocycles. The predicted molar refractivity (Wildman–Crippen MR) is 46.6 cm³/mol. The second kappa shape index (κ2) is 2.34. The van der Waals surface area contributed by atoms with E-state index < -0.39 is 0 Å². The molecule has 1 amide bonds. The molecule has 2 heteroatoms. The summed E-state index contributed by atoms with van der Waals surface area (Å²) < 4.78 is 0. The molecule has 0 aromatic heterocycles. The van der Waals surface area contributed by atoms with Gasteiger partial charge < -0.3 is 5.32 Å². The van der Waals surface area contributed by atoms with Gasteiger partial charge in [0.2, 0.25) is 5.91 Å². The largest absolute Gasteiger partial charge is 0.346 e. The Bertz CT molecular complexity index is 297. The van der Waals surface area contributed by atoms with Crippen LogP contribution in [0.4, 0.5) is 0 Å². The zero-order valence-electron chi connectivity index (χ0n) is 7.00. The lowest BCUT2D eigenvalue weighted by Crippen LogP contribution is -2.56. The molecule has 1 heterocycles. The number of hydrogen-bond donors (Lipinski definition) is 1. The van der Waals surface area contributed by atoms with Crippen molar-refractivity contribution in [2.75, 3.05) is 0 Å². The first-order valence-electron chi connectivity index (χ1n) is 4.07. The molecule has 0 aliphatic carbocycles. The van der Waals surface area contributed by atoms with E-state index in [0.717, 1.165) is 0 Å². The van der Waals surface area contributed by atoms with E-state index >= 15 is 0 Å². The Morgan fingerprint density at radius 3 is 2.42 bits per heavy atom. The van der Waals surface area contributed by atoms with Gasteiger partial charge >= 0.3 is 0 Å². The third kappa shape index (κ3) is 0.998. The van der Waals surface area contributed by atoms with Crippen molar-refractivity contribution in [3.8, 4) is 0 Å². The highest BCUT2D eigenvalue weighted by Gasteiger charge is 2.39. The van der Waals surface area contributed by atoms with E-state index in [1.807, 2.05) is 37.3 Å².